The van der Waals surface area contributed by atoms with Crippen molar-refractivity contribution >= 4 is 11.5 Å². The molecule has 0 aliphatic rings. The quantitative estimate of drug-likeness (QED) is 0.255. The Hall–Kier alpha value is -2.42. The second kappa shape index (κ2) is 5.34. The predicted molar refractivity (Wildman–Crippen MR) is 53.8 cm³/mol. The number of azo groups is 1. The van der Waals surface area contributed by atoms with Crippen LogP contribution in [0.3, 0.4) is 0 Å². The molecule has 0 spiro atoms. The number of hydrogen-bond donors (Lipinski definition) is 2. The van der Waals surface area contributed by atoms with Crippen LogP contribution in [0.4, 0.5) is 5.69 Å². The highest BCUT2D eigenvalue weighted by Gasteiger charge is 2.10. The lowest BCUT2D eigenvalue weighted by Crippen LogP contribution is -2.25. The van der Waals surface area contributed by atoms with E-state index in [9.17, 15) is 0 Å². The van der Waals surface area contributed by atoms with Gasteiger partial charge in [-0.25, -0.2) is 0 Å². The SMILES string of the molecule is N#CC(N=Nc1ccccc1)/C(N)=N/O. The summed E-state index contributed by atoms with van der Waals surface area (Å²) in [6.07, 6.45) is 0. The highest BCUT2D eigenvalue weighted by atomic mass is 16.4. The van der Waals surface area contributed by atoms with Crippen molar-refractivity contribution in [2.75, 3.05) is 0 Å². The zero-order chi connectivity index (χ0) is 11.1. The van der Waals surface area contributed by atoms with Crippen molar-refractivity contribution in [3.05, 3.63) is 30.3 Å². The molecule has 1 aromatic carbocycles. The van der Waals surface area contributed by atoms with Crippen LogP contribution in [0.1, 0.15) is 0 Å². The lowest BCUT2D eigenvalue weighted by Gasteiger charge is -1.98. The number of nitriles is 1. The molecule has 0 bridgehead atoms. The van der Waals surface area contributed by atoms with Crippen molar-refractivity contribution < 1.29 is 5.21 Å². The Morgan fingerprint density at radius 2 is 2.07 bits per heavy atom. The number of amidine groups is 1. The van der Waals surface area contributed by atoms with Crippen molar-refractivity contribution in [3.8, 4) is 6.07 Å². The monoisotopic (exact) mass is 203 g/mol. The van der Waals surface area contributed by atoms with E-state index in [2.05, 4.69) is 15.4 Å². The Labute approximate surface area is 86.3 Å². The average molecular weight is 203 g/mol. The first-order valence-electron chi connectivity index (χ1n) is 4.11. The van der Waals surface area contributed by atoms with Crippen LogP contribution in [0.25, 0.3) is 0 Å². The Morgan fingerprint density at radius 1 is 1.40 bits per heavy atom. The molecular weight excluding hydrogens is 194 g/mol. The first kappa shape index (κ1) is 10.7. The summed E-state index contributed by atoms with van der Waals surface area (Å²) in [6, 6.07) is 9.56. The zero-order valence-electron chi connectivity index (χ0n) is 7.78. The van der Waals surface area contributed by atoms with Crippen molar-refractivity contribution in [1.82, 2.24) is 0 Å². The maximum atomic E-state index is 8.63. The summed E-state index contributed by atoms with van der Waals surface area (Å²) >= 11 is 0. The van der Waals surface area contributed by atoms with E-state index in [0.717, 1.165) is 0 Å². The van der Waals surface area contributed by atoms with Crippen LogP contribution < -0.4 is 5.73 Å². The van der Waals surface area contributed by atoms with Gasteiger partial charge in [0.25, 0.3) is 0 Å². The summed E-state index contributed by atoms with van der Waals surface area (Å²) in [5, 5.41) is 27.1. The van der Waals surface area contributed by atoms with E-state index in [1.54, 1.807) is 30.3 Å². The Bertz CT molecular complexity index is 406. The van der Waals surface area contributed by atoms with Crippen molar-refractivity contribution in [2.24, 2.45) is 21.1 Å². The number of oxime groups is 1. The molecule has 0 saturated carbocycles. The molecule has 1 rings (SSSR count). The van der Waals surface area contributed by atoms with E-state index < -0.39 is 6.04 Å². The van der Waals surface area contributed by atoms with E-state index in [1.807, 2.05) is 6.07 Å². The molecule has 0 aliphatic heterocycles. The van der Waals surface area contributed by atoms with Gasteiger partial charge in [-0.15, -0.1) is 0 Å². The average Bonchev–Trinajstić information content (AvgIpc) is 2.31. The second-order valence-electron chi connectivity index (χ2n) is 2.61. The molecule has 0 fully saturated rings. The molecule has 15 heavy (non-hydrogen) atoms. The van der Waals surface area contributed by atoms with Gasteiger partial charge in [-0.05, 0) is 12.1 Å². The van der Waals surface area contributed by atoms with Gasteiger partial charge >= 0.3 is 0 Å². The van der Waals surface area contributed by atoms with Gasteiger partial charge < -0.3 is 10.9 Å². The smallest absolute Gasteiger partial charge is 0.217 e. The maximum absolute atomic E-state index is 8.63. The Kier molecular flexibility index (Phi) is 3.79. The summed E-state index contributed by atoms with van der Waals surface area (Å²) < 4.78 is 0. The summed E-state index contributed by atoms with van der Waals surface area (Å²) in [4.78, 5) is 0. The normalized spacial score (nSPS) is 13.7. The zero-order valence-corrected chi connectivity index (χ0v) is 7.78. The number of rotatable bonds is 3. The number of hydrogen-bond acceptors (Lipinski definition) is 5. The standard InChI is InChI=1S/C9H9N5O/c10-6-8(9(11)14-15)13-12-7-4-2-1-3-5-7/h1-5,8,15H,(H2,11,14). The van der Waals surface area contributed by atoms with Crippen LogP contribution in [-0.2, 0) is 0 Å². The van der Waals surface area contributed by atoms with Gasteiger partial charge in [0.15, 0.2) is 5.84 Å². The van der Waals surface area contributed by atoms with E-state index >= 15 is 0 Å². The third-order valence-corrected chi connectivity index (χ3v) is 1.56. The topological polar surface area (TPSA) is 107 Å². The minimum absolute atomic E-state index is 0.280. The van der Waals surface area contributed by atoms with Gasteiger partial charge in [-0.2, -0.15) is 15.5 Å². The molecule has 6 nitrogen and oxygen atoms in total. The van der Waals surface area contributed by atoms with Gasteiger partial charge in [0.2, 0.25) is 6.04 Å². The molecule has 0 radical (unpaired) electrons. The van der Waals surface area contributed by atoms with Crippen LogP contribution in [0.15, 0.2) is 45.7 Å². The van der Waals surface area contributed by atoms with Gasteiger partial charge in [0.05, 0.1) is 11.8 Å². The molecule has 0 aromatic heterocycles. The maximum Gasteiger partial charge on any atom is 0.217 e. The van der Waals surface area contributed by atoms with Gasteiger partial charge in [-0.1, -0.05) is 23.4 Å². The van der Waals surface area contributed by atoms with Crippen LogP contribution in [0.2, 0.25) is 0 Å². The van der Waals surface area contributed by atoms with Gasteiger partial charge in [0.1, 0.15) is 0 Å². The molecule has 0 saturated heterocycles. The van der Waals surface area contributed by atoms with Crippen molar-refractivity contribution in [1.29, 1.82) is 5.26 Å². The van der Waals surface area contributed by atoms with E-state index in [-0.39, 0.29) is 5.84 Å². The molecule has 6 heteroatoms. The molecular formula is C9H9N5O. The first-order valence-corrected chi connectivity index (χ1v) is 4.11. The molecule has 1 atom stereocenters. The number of nitrogens with two attached hydrogens (primary N) is 1. The molecule has 0 heterocycles. The second-order valence-corrected chi connectivity index (χ2v) is 2.61. The van der Waals surface area contributed by atoms with E-state index in [0.29, 0.717) is 5.69 Å². The van der Waals surface area contributed by atoms with Gasteiger partial charge in [0, 0.05) is 0 Å². The third-order valence-electron chi connectivity index (χ3n) is 1.56. The minimum atomic E-state index is -1.06. The van der Waals surface area contributed by atoms with Crippen molar-refractivity contribution in [3.63, 3.8) is 0 Å². The van der Waals surface area contributed by atoms with Gasteiger partial charge in [-0.3, -0.25) is 0 Å². The molecule has 0 aliphatic carbocycles. The fourth-order valence-corrected chi connectivity index (χ4v) is 0.825. The number of benzene rings is 1. The fraction of sp³-hybridized carbons (Fsp3) is 0.111. The first-order chi connectivity index (χ1) is 7.27. The summed E-state index contributed by atoms with van der Waals surface area (Å²) in [5.74, 6) is -0.280. The van der Waals surface area contributed by atoms with E-state index in [1.165, 1.54) is 0 Å². The third kappa shape index (κ3) is 3.08. The Balaban J connectivity index is 2.77. The highest BCUT2D eigenvalue weighted by Crippen LogP contribution is 2.10. The van der Waals surface area contributed by atoms with Crippen LogP contribution in [0, 0.1) is 11.3 Å². The predicted octanol–water partition coefficient (Wildman–Crippen LogP) is 1.41. The van der Waals surface area contributed by atoms with Crippen LogP contribution >= 0.6 is 0 Å². The summed E-state index contributed by atoms with van der Waals surface area (Å²) in [7, 11) is 0. The lowest BCUT2D eigenvalue weighted by atomic mass is 10.3. The largest absolute Gasteiger partial charge is 0.409 e. The lowest BCUT2D eigenvalue weighted by molar-refractivity contribution is 0.316. The highest BCUT2D eigenvalue weighted by molar-refractivity contribution is 5.87. The molecule has 1 aromatic rings. The molecule has 1 unspecified atom stereocenters. The fourth-order valence-electron chi connectivity index (χ4n) is 0.825. The summed E-state index contributed by atoms with van der Waals surface area (Å²) in [6.45, 7) is 0. The van der Waals surface area contributed by atoms with E-state index in [4.69, 9.17) is 16.2 Å². The molecule has 3 N–H and O–H groups in total. The van der Waals surface area contributed by atoms with Crippen LogP contribution in [-0.4, -0.2) is 17.1 Å². The Morgan fingerprint density at radius 3 is 2.60 bits per heavy atom. The van der Waals surface area contributed by atoms with Crippen molar-refractivity contribution in [2.45, 2.75) is 6.04 Å². The number of nitrogens with zero attached hydrogens (tertiary/aromatic N) is 4. The minimum Gasteiger partial charge on any atom is -0.409 e. The molecule has 0 amide bonds. The summed E-state index contributed by atoms with van der Waals surface area (Å²) in [5.41, 5.74) is 5.82. The molecule has 76 valence electrons. The van der Waals surface area contributed by atoms with Crippen LogP contribution in [0.5, 0.6) is 0 Å².